The summed E-state index contributed by atoms with van der Waals surface area (Å²) >= 11 is 0. The number of hydrogen-bond donors (Lipinski definition) is 1. The first kappa shape index (κ1) is 24.3. The highest BCUT2D eigenvalue weighted by Gasteiger charge is 2.50. The van der Waals surface area contributed by atoms with Crippen LogP contribution in [0.1, 0.15) is 88.0 Å². The number of Topliss-reactive ketones (excluding diaryl/α,β-unsaturated/α-hetero) is 1. The average molecular weight is 351 g/mol. The minimum absolute atomic E-state index is 0.0525. The molecule has 0 aliphatic rings. The largest absolute Gasteiger partial charge is 0.342 e. The molecular weight excluding hydrogens is 311 g/mol. The zero-order valence-electron chi connectivity index (χ0n) is 18.1. The summed E-state index contributed by atoms with van der Waals surface area (Å²) in [6.45, 7) is 20.2. The SMILES string of the molecule is CCCN(CC)C(C)(CC)C(C)(CC)C(=O)[B]NC(C)(CC)C(C)=O. The van der Waals surface area contributed by atoms with Crippen LogP contribution in [-0.4, -0.2) is 47.9 Å². The monoisotopic (exact) mass is 351 g/mol. The van der Waals surface area contributed by atoms with Crippen molar-refractivity contribution < 1.29 is 9.59 Å². The second-order valence-electron chi connectivity index (χ2n) is 7.79. The molecule has 0 amide bonds. The van der Waals surface area contributed by atoms with Crippen LogP contribution in [0.5, 0.6) is 0 Å². The highest BCUT2D eigenvalue weighted by Crippen LogP contribution is 2.42. The van der Waals surface area contributed by atoms with E-state index in [4.69, 9.17) is 0 Å². The summed E-state index contributed by atoms with van der Waals surface area (Å²) in [5.74, 6) is 0.0525. The Morgan fingerprint density at radius 2 is 1.52 bits per heavy atom. The van der Waals surface area contributed by atoms with Crippen LogP contribution in [0.25, 0.3) is 0 Å². The molecule has 25 heavy (non-hydrogen) atoms. The quantitative estimate of drug-likeness (QED) is 0.513. The Balaban J connectivity index is 5.60. The predicted molar refractivity (Wildman–Crippen MR) is 108 cm³/mol. The first-order chi connectivity index (χ1) is 11.5. The molecule has 3 unspecified atom stereocenters. The third-order valence-electron chi connectivity index (χ3n) is 6.71. The summed E-state index contributed by atoms with van der Waals surface area (Å²) in [4.78, 5) is 27.6. The fraction of sp³-hybridized carbons (Fsp3) is 0.900. The summed E-state index contributed by atoms with van der Waals surface area (Å²) in [5, 5.41) is 3.13. The second kappa shape index (κ2) is 9.87. The van der Waals surface area contributed by atoms with E-state index >= 15 is 0 Å². The highest BCUT2D eigenvalue weighted by molar-refractivity contribution is 6.73. The van der Waals surface area contributed by atoms with E-state index in [1.54, 1.807) is 14.3 Å². The zero-order valence-corrected chi connectivity index (χ0v) is 18.1. The first-order valence-corrected chi connectivity index (χ1v) is 9.94. The van der Waals surface area contributed by atoms with E-state index in [-0.39, 0.29) is 17.0 Å². The predicted octanol–water partition coefficient (Wildman–Crippen LogP) is 3.80. The van der Waals surface area contributed by atoms with Gasteiger partial charge in [-0.15, -0.1) is 0 Å². The molecule has 0 saturated carbocycles. The summed E-state index contributed by atoms with van der Waals surface area (Å²) in [6, 6.07) is 0. The third-order valence-corrected chi connectivity index (χ3v) is 6.71. The van der Waals surface area contributed by atoms with Gasteiger partial charge in [0.25, 0.3) is 7.41 Å². The third kappa shape index (κ3) is 4.94. The van der Waals surface area contributed by atoms with E-state index in [1.165, 1.54) is 0 Å². The number of carbonyl (C=O) groups is 2. The van der Waals surface area contributed by atoms with Gasteiger partial charge in [-0.25, -0.2) is 0 Å². The van der Waals surface area contributed by atoms with Crippen molar-refractivity contribution in [3.05, 3.63) is 0 Å². The van der Waals surface area contributed by atoms with Crippen LogP contribution >= 0.6 is 0 Å². The average Bonchev–Trinajstić information content (AvgIpc) is 2.61. The molecule has 1 radical (unpaired) electrons. The molecule has 0 bridgehead atoms. The van der Waals surface area contributed by atoms with Gasteiger partial charge < -0.3 is 10.0 Å². The lowest BCUT2D eigenvalue weighted by Gasteiger charge is -2.52. The molecule has 0 aromatic heterocycles. The molecule has 0 aliphatic heterocycles. The fourth-order valence-corrected chi connectivity index (χ4v) is 3.64. The van der Waals surface area contributed by atoms with E-state index in [2.05, 4.69) is 51.7 Å². The van der Waals surface area contributed by atoms with Gasteiger partial charge in [-0.3, -0.25) is 9.69 Å². The Hall–Kier alpha value is -0.675. The maximum atomic E-state index is 13.3. The Morgan fingerprint density at radius 3 is 1.84 bits per heavy atom. The Morgan fingerprint density at radius 1 is 0.960 bits per heavy atom. The van der Waals surface area contributed by atoms with Gasteiger partial charge in [-0.1, -0.05) is 41.5 Å². The number of carbonyl (C=O) groups excluding carboxylic acids is 2. The Kier molecular flexibility index (Phi) is 9.60. The molecule has 145 valence electrons. The second-order valence-corrected chi connectivity index (χ2v) is 7.79. The van der Waals surface area contributed by atoms with E-state index in [9.17, 15) is 9.59 Å². The summed E-state index contributed by atoms with van der Waals surface area (Å²) in [7, 11) is 1.56. The lowest BCUT2D eigenvalue weighted by Crippen LogP contribution is -2.63. The van der Waals surface area contributed by atoms with Crippen molar-refractivity contribution in [1.82, 2.24) is 10.1 Å². The summed E-state index contributed by atoms with van der Waals surface area (Å²) in [6.07, 6.45) is 3.38. The van der Waals surface area contributed by atoms with Crippen molar-refractivity contribution >= 4 is 18.9 Å². The standard InChI is InChI=1S/C20H40BN2O2/c1-10-15-23(14-5)20(9,13-4)18(7,11-2)17(25)21-22-19(8,12-3)16(6)24/h22H,10-15H2,1-9H3. The molecule has 0 fully saturated rings. The van der Waals surface area contributed by atoms with Gasteiger partial charge in [0.1, 0.15) is 11.5 Å². The minimum Gasteiger partial charge on any atom is -0.342 e. The molecule has 4 nitrogen and oxygen atoms in total. The van der Waals surface area contributed by atoms with Crippen molar-refractivity contribution in [2.45, 2.75) is 99.1 Å². The van der Waals surface area contributed by atoms with Gasteiger partial charge in [-0.05, 0) is 59.5 Å². The lowest BCUT2D eigenvalue weighted by atomic mass is 9.57. The number of nitrogens with one attached hydrogen (secondary N) is 1. The van der Waals surface area contributed by atoms with Crippen LogP contribution in [0.3, 0.4) is 0 Å². The number of hydrogen-bond acceptors (Lipinski definition) is 4. The summed E-state index contributed by atoms with van der Waals surface area (Å²) in [5.41, 5.74) is -1.33. The van der Waals surface area contributed by atoms with Gasteiger partial charge in [0.05, 0.1) is 5.54 Å². The first-order valence-electron chi connectivity index (χ1n) is 9.94. The van der Waals surface area contributed by atoms with Crippen molar-refractivity contribution in [3.8, 4) is 0 Å². The highest BCUT2D eigenvalue weighted by atomic mass is 16.1. The van der Waals surface area contributed by atoms with Gasteiger partial charge in [0.2, 0.25) is 0 Å². The van der Waals surface area contributed by atoms with Crippen molar-refractivity contribution in [1.29, 1.82) is 0 Å². The van der Waals surface area contributed by atoms with E-state index in [0.29, 0.717) is 6.42 Å². The molecule has 0 spiro atoms. The fourth-order valence-electron chi connectivity index (χ4n) is 3.64. The number of rotatable bonds is 13. The molecule has 0 aromatic rings. The van der Waals surface area contributed by atoms with Crippen molar-refractivity contribution in [3.63, 3.8) is 0 Å². The van der Waals surface area contributed by atoms with Crippen LogP contribution in [0, 0.1) is 5.41 Å². The van der Waals surface area contributed by atoms with Crippen LogP contribution < -0.4 is 5.23 Å². The van der Waals surface area contributed by atoms with Crippen LogP contribution in [0.2, 0.25) is 0 Å². The maximum Gasteiger partial charge on any atom is 0.296 e. The normalized spacial score (nSPS) is 19.0. The topological polar surface area (TPSA) is 49.4 Å². The lowest BCUT2D eigenvalue weighted by molar-refractivity contribution is -0.130. The van der Waals surface area contributed by atoms with E-state index in [1.807, 2.05) is 13.8 Å². The Bertz CT molecular complexity index is 457. The van der Waals surface area contributed by atoms with Crippen molar-refractivity contribution in [2.24, 2.45) is 5.41 Å². The molecule has 5 heteroatoms. The van der Waals surface area contributed by atoms with E-state index < -0.39 is 11.0 Å². The van der Waals surface area contributed by atoms with E-state index in [0.717, 1.165) is 32.4 Å². The zero-order chi connectivity index (χ0) is 19.9. The molecule has 0 aromatic carbocycles. The molecule has 0 aliphatic carbocycles. The number of nitrogens with zero attached hydrogens (tertiary/aromatic N) is 1. The summed E-state index contributed by atoms with van der Waals surface area (Å²) < 4.78 is 0. The van der Waals surface area contributed by atoms with Crippen LogP contribution in [0.15, 0.2) is 0 Å². The minimum atomic E-state index is -0.680. The molecule has 3 atom stereocenters. The maximum absolute atomic E-state index is 13.3. The van der Waals surface area contributed by atoms with Crippen molar-refractivity contribution in [2.75, 3.05) is 13.1 Å². The molecule has 0 heterocycles. The Labute approximate surface area is 156 Å². The van der Waals surface area contributed by atoms with Gasteiger partial charge in [0.15, 0.2) is 0 Å². The van der Waals surface area contributed by atoms with Crippen LogP contribution in [-0.2, 0) is 9.59 Å². The van der Waals surface area contributed by atoms with Gasteiger partial charge >= 0.3 is 0 Å². The number of ketones is 1. The molecule has 1 N–H and O–H groups in total. The van der Waals surface area contributed by atoms with Gasteiger partial charge in [0, 0.05) is 11.0 Å². The van der Waals surface area contributed by atoms with Gasteiger partial charge in [-0.2, -0.15) is 0 Å². The van der Waals surface area contributed by atoms with Crippen LogP contribution in [0.4, 0.5) is 0 Å². The smallest absolute Gasteiger partial charge is 0.296 e. The molecule has 0 rings (SSSR count). The molecule has 0 saturated heterocycles. The molecular formula is C20H40BN2O2.